The Morgan fingerprint density at radius 3 is 2.87 bits per heavy atom. The van der Waals surface area contributed by atoms with E-state index < -0.39 is 5.82 Å². The van der Waals surface area contributed by atoms with Gasteiger partial charge in [-0.15, -0.1) is 10.2 Å². The van der Waals surface area contributed by atoms with Crippen LogP contribution in [0, 0.1) is 17.1 Å². The SMILES string of the molecule is COC[C@@H](C)n1c(COc2ccccc2F)nnc1SCC#N. The van der Waals surface area contributed by atoms with Crippen molar-refractivity contribution in [1.29, 1.82) is 5.26 Å². The molecular weight excluding hydrogens is 319 g/mol. The molecule has 8 heteroatoms. The number of hydrogen-bond donors (Lipinski definition) is 0. The Morgan fingerprint density at radius 2 is 2.17 bits per heavy atom. The number of thioether (sulfide) groups is 1. The van der Waals surface area contributed by atoms with Crippen LogP contribution < -0.4 is 4.74 Å². The predicted octanol–water partition coefficient (Wildman–Crippen LogP) is 2.82. The maximum atomic E-state index is 13.6. The maximum absolute atomic E-state index is 13.6. The van der Waals surface area contributed by atoms with E-state index in [1.165, 1.54) is 17.8 Å². The molecule has 0 aliphatic heterocycles. The quantitative estimate of drug-likeness (QED) is 0.690. The Balaban J connectivity index is 2.18. The smallest absolute Gasteiger partial charge is 0.192 e. The van der Waals surface area contributed by atoms with Gasteiger partial charge in [0, 0.05) is 7.11 Å². The average molecular weight is 336 g/mol. The molecule has 1 aromatic carbocycles. The van der Waals surface area contributed by atoms with Crippen LogP contribution >= 0.6 is 11.8 Å². The van der Waals surface area contributed by atoms with Crippen molar-refractivity contribution in [3.63, 3.8) is 0 Å². The maximum Gasteiger partial charge on any atom is 0.192 e. The third kappa shape index (κ3) is 4.43. The number of methoxy groups -OCH3 is 1. The van der Waals surface area contributed by atoms with Gasteiger partial charge in [-0.3, -0.25) is 4.57 Å². The van der Waals surface area contributed by atoms with Crippen molar-refractivity contribution in [2.24, 2.45) is 0 Å². The largest absolute Gasteiger partial charge is 0.483 e. The van der Waals surface area contributed by atoms with E-state index in [2.05, 4.69) is 16.3 Å². The predicted molar refractivity (Wildman–Crippen MR) is 83.7 cm³/mol. The molecule has 0 aliphatic rings. The van der Waals surface area contributed by atoms with Crippen LogP contribution in [0.4, 0.5) is 4.39 Å². The van der Waals surface area contributed by atoms with Crippen LogP contribution in [0.3, 0.4) is 0 Å². The van der Waals surface area contributed by atoms with Gasteiger partial charge in [-0.1, -0.05) is 23.9 Å². The lowest BCUT2D eigenvalue weighted by Crippen LogP contribution is -2.16. The first-order valence-electron chi connectivity index (χ1n) is 6.97. The second-order valence-electron chi connectivity index (χ2n) is 4.74. The highest BCUT2D eigenvalue weighted by Gasteiger charge is 2.18. The third-order valence-corrected chi connectivity index (χ3v) is 3.85. The van der Waals surface area contributed by atoms with Crippen LogP contribution in [-0.4, -0.2) is 34.2 Å². The van der Waals surface area contributed by atoms with Crippen LogP contribution in [0.1, 0.15) is 18.8 Å². The second kappa shape index (κ2) is 8.50. The van der Waals surface area contributed by atoms with Crippen LogP contribution in [0.25, 0.3) is 0 Å². The summed E-state index contributed by atoms with van der Waals surface area (Å²) in [5, 5.41) is 17.5. The Hall–Kier alpha value is -2.11. The van der Waals surface area contributed by atoms with E-state index in [1.807, 2.05) is 11.5 Å². The van der Waals surface area contributed by atoms with Gasteiger partial charge in [0.2, 0.25) is 0 Å². The lowest BCUT2D eigenvalue weighted by atomic mass is 10.3. The molecule has 0 saturated carbocycles. The lowest BCUT2D eigenvalue weighted by Gasteiger charge is -2.17. The molecule has 0 aliphatic carbocycles. The molecule has 0 amide bonds. The lowest BCUT2D eigenvalue weighted by molar-refractivity contribution is 0.154. The molecule has 0 unspecified atom stereocenters. The van der Waals surface area contributed by atoms with E-state index >= 15 is 0 Å². The first-order valence-corrected chi connectivity index (χ1v) is 7.95. The number of aromatic nitrogens is 3. The van der Waals surface area contributed by atoms with Gasteiger partial charge in [0.05, 0.1) is 24.5 Å². The Kier molecular flexibility index (Phi) is 6.38. The van der Waals surface area contributed by atoms with Crippen molar-refractivity contribution < 1.29 is 13.9 Å². The Morgan fingerprint density at radius 1 is 1.39 bits per heavy atom. The van der Waals surface area contributed by atoms with E-state index in [9.17, 15) is 4.39 Å². The van der Waals surface area contributed by atoms with E-state index in [4.69, 9.17) is 14.7 Å². The van der Waals surface area contributed by atoms with Crippen LogP contribution in [-0.2, 0) is 11.3 Å². The fourth-order valence-electron chi connectivity index (χ4n) is 2.06. The van der Waals surface area contributed by atoms with Crippen LogP contribution in [0.15, 0.2) is 29.4 Å². The number of ether oxygens (including phenoxy) is 2. The molecule has 23 heavy (non-hydrogen) atoms. The zero-order valence-corrected chi connectivity index (χ0v) is 13.7. The van der Waals surface area contributed by atoms with Gasteiger partial charge < -0.3 is 9.47 Å². The summed E-state index contributed by atoms with van der Waals surface area (Å²) in [7, 11) is 1.61. The van der Waals surface area contributed by atoms with E-state index in [-0.39, 0.29) is 24.2 Å². The summed E-state index contributed by atoms with van der Waals surface area (Å²) >= 11 is 1.29. The van der Waals surface area contributed by atoms with Gasteiger partial charge in [0.15, 0.2) is 22.5 Å². The number of benzene rings is 1. The molecule has 2 aromatic rings. The average Bonchev–Trinajstić information content (AvgIpc) is 2.95. The normalized spacial score (nSPS) is 11.9. The van der Waals surface area contributed by atoms with Gasteiger partial charge in [-0.25, -0.2) is 4.39 Å². The zero-order valence-electron chi connectivity index (χ0n) is 12.9. The standard InChI is InChI=1S/C15H17FN4O2S/c1-11(9-21-2)20-14(18-19-15(20)23-8-7-17)10-22-13-6-4-3-5-12(13)16/h3-6,11H,8-10H2,1-2H3/t11-/m1/s1. The molecule has 122 valence electrons. The number of rotatable bonds is 8. The molecule has 0 spiro atoms. The fourth-order valence-corrected chi connectivity index (χ4v) is 2.78. The summed E-state index contributed by atoms with van der Waals surface area (Å²) < 4.78 is 26.1. The van der Waals surface area contributed by atoms with Crippen molar-refractivity contribution >= 4 is 11.8 Å². The monoisotopic (exact) mass is 336 g/mol. The van der Waals surface area contributed by atoms with Crippen molar-refractivity contribution in [2.45, 2.75) is 24.7 Å². The highest BCUT2D eigenvalue weighted by Crippen LogP contribution is 2.23. The van der Waals surface area contributed by atoms with Gasteiger partial charge in [-0.2, -0.15) is 5.26 Å². The van der Waals surface area contributed by atoms with Gasteiger partial charge in [0.1, 0.15) is 6.61 Å². The molecule has 6 nitrogen and oxygen atoms in total. The molecule has 1 heterocycles. The van der Waals surface area contributed by atoms with Gasteiger partial charge in [0.25, 0.3) is 0 Å². The van der Waals surface area contributed by atoms with Crippen molar-refractivity contribution in [3.05, 3.63) is 35.9 Å². The van der Waals surface area contributed by atoms with Gasteiger partial charge >= 0.3 is 0 Å². The van der Waals surface area contributed by atoms with E-state index in [1.54, 1.807) is 25.3 Å². The van der Waals surface area contributed by atoms with E-state index in [0.29, 0.717) is 17.6 Å². The highest BCUT2D eigenvalue weighted by molar-refractivity contribution is 7.99. The first kappa shape index (κ1) is 17.2. The minimum Gasteiger partial charge on any atom is -0.483 e. The topological polar surface area (TPSA) is 73.0 Å². The zero-order chi connectivity index (χ0) is 16.7. The Labute approximate surface area is 138 Å². The second-order valence-corrected chi connectivity index (χ2v) is 5.68. The fraction of sp³-hybridized carbons (Fsp3) is 0.400. The minimum atomic E-state index is -0.428. The van der Waals surface area contributed by atoms with Crippen LogP contribution in [0.2, 0.25) is 0 Å². The summed E-state index contributed by atoms with van der Waals surface area (Å²) in [5.74, 6) is 0.555. The molecule has 0 bridgehead atoms. The summed E-state index contributed by atoms with van der Waals surface area (Å²) in [6.07, 6.45) is 0. The molecule has 1 aromatic heterocycles. The van der Waals surface area contributed by atoms with Gasteiger partial charge in [-0.05, 0) is 19.1 Å². The summed E-state index contributed by atoms with van der Waals surface area (Å²) in [5.41, 5.74) is 0. The molecule has 1 atom stereocenters. The minimum absolute atomic E-state index is 0.0320. The third-order valence-electron chi connectivity index (χ3n) is 3.04. The first-order chi connectivity index (χ1) is 11.2. The molecule has 0 radical (unpaired) electrons. The number of hydrogen-bond acceptors (Lipinski definition) is 6. The van der Waals surface area contributed by atoms with Crippen molar-refractivity contribution in [1.82, 2.24) is 14.8 Å². The molecular formula is C15H17FN4O2S. The highest BCUT2D eigenvalue weighted by atomic mass is 32.2. The summed E-state index contributed by atoms with van der Waals surface area (Å²) in [4.78, 5) is 0. The number of para-hydroxylation sites is 1. The number of nitriles is 1. The molecule has 0 saturated heterocycles. The number of nitrogens with zero attached hydrogens (tertiary/aromatic N) is 4. The summed E-state index contributed by atoms with van der Waals surface area (Å²) in [6, 6.07) is 8.22. The molecule has 2 rings (SSSR count). The molecule has 0 fully saturated rings. The molecule has 0 N–H and O–H groups in total. The number of halogens is 1. The van der Waals surface area contributed by atoms with Crippen molar-refractivity contribution in [3.8, 4) is 11.8 Å². The van der Waals surface area contributed by atoms with Crippen LogP contribution in [0.5, 0.6) is 5.75 Å². The van der Waals surface area contributed by atoms with E-state index in [0.717, 1.165) is 0 Å². The van der Waals surface area contributed by atoms with Crippen molar-refractivity contribution in [2.75, 3.05) is 19.5 Å². The Bertz CT molecular complexity index is 686. The summed E-state index contributed by atoms with van der Waals surface area (Å²) in [6.45, 7) is 2.50.